The lowest BCUT2D eigenvalue weighted by Crippen LogP contribution is -2.42. The molecule has 1 aliphatic rings. The number of ether oxygens (including phenoxy) is 1. The Bertz CT molecular complexity index is 231. The van der Waals surface area contributed by atoms with Crippen molar-refractivity contribution in [2.75, 3.05) is 33.8 Å². The van der Waals surface area contributed by atoms with Crippen LogP contribution in [0.15, 0.2) is 0 Å². The average Bonchev–Trinajstić information content (AvgIpc) is 2.68. The minimum absolute atomic E-state index is 0.0510. The van der Waals surface area contributed by atoms with E-state index in [4.69, 9.17) is 4.74 Å². The smallest absolute Gasteiger partial charge is 0.323 e. The first-order valence-electron chi connectivity index (χ1n) is 6.17. The Balaban J connectivity index is 2.52. The molecule has 0 N–H and O–H groups in total. The van der Waals surface area contributed by atoms with Gasteiger partial charge in [0.2, 0.25) is 0 Å². The number of likely N-dealkylation sites (tertiary alicyclic amines) is 1. The molecule has 0 aliphatic carbocycles. The van der Waals surface area contributed by atoms with Gasteiger partial charge in [0.1, 0.15) is 6.04 Å². The number of likely N-dealkylation sites (N-methyl/N-ethyl adjacent to an activating group) is 1. The molecule has 0 radical (unpaired) electrons. The van der Waals surface area contributed by atoms with Crippen molar-refractivity contribution in [3.05, 3.63) is 0 Å². The molecule has 0 aromatic heterocycles. The number of nitrogens with zero attached hydrogens (tertiary/aromatic N) is 2. The molecule has 1 rings (SSSR count). The number of hydrogen-bond donors (Lipinski definition) is 0. The van der Waals surface area contributed by atoms with E-state index in [1.165, 1.54) is 0 Å². The minimum Gasteiger partial charge on any atom is -0.465 e. The maximum Gasteiger partial charge on any atom is 0.323 e. The molecule has 1 aliphatic heterocycles. The molecule has 16 heavy (non-hydrogen) atoms. The van der Waals surface area contributed by atoms with E-state index in [9.17, 15) is 4.79 Å². The van der Waals surface area contributed by atoms with Gasteiger partial charge >= 0.3 is 5.97 Å². The van der Waals surface area contributed by atoms with E-state index >= 15 is 0 Å². The summed E-state index contributed by atoms with van der Waals surface area (Å²) in [6.45, 7) is 6.35. The molecule has 0 bridgehead atoms. The van der Waals surface area contributed by atoms with Gasteiger partial charge in [0, 0.05) is 19.1 Å². The predicted molar refractivity (Wildman–Crippen MR) is 64.4 cm³/mol. The fourth-order valence-corrected chi connectivity index (χ4v) is 2.29. The Kier molecular flexibility index (Phi) is 5.22. The minimum atomic E-state index is -0.0654. The van der Waals surface area contributed by atoms with Crippen LogP contribution in [0.1, 0.15) is 26.7 Å². The van der Waals surface area contributed by atoms with Gasteiger partial charge in [0.05, 0.1) is 6.61 Å². The van der Waals surface area contributed by atoms with Gasteiger partial charge in [-0.3, -0.25) is 9.69 Å². The summed E-state index contributed by atoms with van der Waals surface area (Å²) in [6.07, 6.45) is 1.97. The average molecular weight is 228 g/mol. The van der Waals surface area contributed by atoms with Crippen LogP contribution < -0.4 is 0 Å². The highest BCUT2D eigenvalue weighted by molar-refractivity contribution is 5.75. The Morgan fingerprint density at radius 1 is 1.50 bits per heavy atom. The lowest BCUT2D eigenvalue weighted by atomic mass is 10.2. The molecular formula is C12H24N2O2. The van der Waals surface area contributed by atoms with E-state index in [1.54, 1.807) is 0 Å². The van der Waals surface area contributed by atoms with E-state index in [1.807, 2.05) is 13.8 Å². The second-order valence-electron chi connectivity index (χ2n) is 4.58. The number of carbonyl (C=O) groups excluding carboxylic acids is 1. The van der Waals surface area contributed by atoms with Crippen molar-refractivity contribution in [1.29, 1.82) is 0 Å². The van der Waals surface area contributed by atoms with E-state index in [-0.39, 0.29) is 12.0 Å². The molecule has 1 saturated heterocycles. The molecule has 94 valence electrons. The summed E-state index contributed by atoms with van der Waals surface area (Å²) in [7, 11) is 4.19. The zero-order valence-electron chi connectivity index (χ0n) is 10.9. The number of esters is 1. The second kappa shape index (κ2) is 6.21. The van der Waals surface area contributed by atoms with Gasteiger partial charge in [-0.15, -0.1) is 0 Å². The Hall–Kier alpha value is -0.610. The van der Waals surface area contributed by atoms with Crippen molar-refractivity contribution in [2.24, 2.45) is 0 Å². The first-order valence-corrected chi connectivity index (χ1v) is 6.17. The first kappa shape index (κ1) is 13.5. The third kappa shape index (κ3) is 3.19. The van der Waals surface area contributed by atoms with Gasteiger partial charge in [0.25, 0.3) is 0 Å². The molecular weight excluding hydrogens is 204 g/mol. The fourth-order valence-electron chi connectivity index (χ4n) is 2.29. The van der Waals surface area contributed by atoms with E-state index in [2.05, 4.69) is 23.9 Å². The van der Waals surface area contributed by atoms with Gasteiger partial charge in [-0.25, -0.2) is 0 Å². The Morgan fingerprint density at radius 3 is 2.62 bits per heavy atom. The summed E-state index contributed by atoms with van der Waals surface area (Å²) in [5.74, 6) is -0.0654. The quantitative estimate of drug-likeness (QED) is 0.656. The van der Waals surface area contributed by atoms with Crippen molar-refractivity contribution in [2.45, 2.75) is 38.8 Å². The summed E-state index contributed by atoms with van der Waals surface area (Å²) in [4.78, 5) is 16.2. The third-order valence-electron chi connectivity index (χ3n) is 3.31. The van der Waals surface area contributed by atoms with Crippen LogP contribution in [0, 0.1) is 0 Å². The van der Waals surface area contributed by atoms with Crippen molar-refractivity contribution in [3.8, 4) is 0 Å². The van der Waals surface area contributed by atoms with Crippen LogP contribution in [0.2, 0.25) is 0 Å². The Morgan fingerprint density at radius 2 is 2.19 bits per heavy atom. The molecule has 0 saturated carbocycles. The maximum atomic E-state index is 11.8. The van der Waals surface area contributed by atoms with Gasteiger partial charge in [-0.05, 0) is 33.9 Å². The topological polar surface area (TPSA) is 32.8 Å². The highest BCUT2D eigenvalue weighted by atomic mass is 16.5. The van der Waals surface area contributed by atoms with Crippen molar-refractivity contribution >= 4 is 5.97 Å². The van der Waals surface area contributed by atoms with Crippen molar-refractivity contribution in [1.82, 2.24) is 9.80 Å². The zero-order chi connectivity index (χ0) is 12.1. The number of hydrogen-bond acceptors (Lipinski definition) is 4. The van der Waals surface area contributed by atoms with E-state index < -0.39 is 0 Å². The maximum absolute atomic E-state index is 11.8. The Labute approximate surface area is 98.5 Å². The highest BCUT2D eigenvalue weighted by Crippen LogP contribution is 2.18. The van der Waals surface area contributed by atoms with Crippen LogP contribution >= 0.6 is 0 Å². The lowest BCUT2D eigenvalue weighted by molar-refractivity contribution is -0.149. The molecule has 0 spiro atoms. The largest absolute Gasteiger partial charge is 0.465 e. The number of rotatable bonds is 5. The molecule has 0 amide bonds. The molecule has 1 fully saturated rings. The lowest BCUT2D eigenvalue weighted by Gasteiger charge is -2.26. The monoisotopic (exact) mass is 228 g/mol. The molecule has 0 aromatic carbocycles. The van der Waals surface area contributed by atoms with Gasteiger partial charge < -0.3 is 9.64 Å². The molecule has 4 nitrogen and oxygen atoms in total. The van der Waals surface area contributed by atoms with Gasteiger partial charge in [-0.1, -0.05) is 6.92 Å². The third-order valence-corrected chi connectivity index (χ3v) is 3.31. The molecule has 2 unspecified atom stereocenters. The molecule has 0 aromatic rings. The van der Waals surface area contributed by atoms with Crippen molar-refractivity contribution < 1.29 is 9.53 Å². The molecule has 1 heterocycles. The van der Waals surface area contributed by atoms with E-state index in [0.717, 1.165) is 25.9 Å². The summed E-state index contributed by atoms with van der Waals surface area (Å²) in [5, 5.41) is 0. The molecule has 2 atom stereocenters. The van der Waals surface area contributed by atoms with Crippen LogP contribution in [0.25, 0.3) is 0 Å². The predicted octanol–water partition coefficient (Wildman–Crippen LogP) is 0.964. The summed E-state index contributed by atoms with van der Waals surface area (Å²) >= 11 is 0. The van der Waals surface area contributed by atoms with Gasteiger partial charge in [0.15, 0.2) is 0 Å². The zero-order valence-corrected chi connectivity index (χ0v) is 10.9. The standard InChI is InChI=1S/C12H24N2O2/c1-5-11(12(15)16-6-2)14-8-7-10(9-14)13(3)4/h10-11H,5-9H2,1-4H3. The molecule has 4 heteroatoms. The fraction of sp³-hybridized carbons (Fsp3) is 0.917. The first-order chi connectivity index (χ1) is 7.60. The second-order valence-corrected chi connectivity index (χ2v) is 4.58. The van der Waals surface area contributed by atoms with Crippen LogP contribution in [0.5, 0.6) is 0 Å². The SMILES string of the molecule is CCOC(=O)C(CC)N1CCC(N(C)C)C1. The van der Waals surface area contributed by atoms with Crippen molar-refractivity contribution in [3.63, 3.8) is 0 Å². The summed E-state index contributed by atoms with van der Waals surface area (Å²) in [6, 6.07) is 0.522. The van der Waals surface area contributed by atoms with Gasteiger partial charge in [-0.2, -0.15) is 0 Å². The van der Waals surface area contributed by atoms with Crippen LogP contribution in [0.4, 0.5) is 0 Å². The summed E-state index contributed by atoms with van der Waals surface area (Å²) in [5.41, 5.74) is 0. The number of carbonyl (C=O) groups is 1. The van der Waals surface area contributed by atoms with Crippen LogP contribution in [-0.2, 0) is 9.53 Å². The summed E-state index contributed by atoms with van der Waals surface area (Å²) < 4.78 is 5.11. The van der Waals surface area contributed by atoms with Crippen LogP contribution in [0.3, 0.4) is 0 Å². The van der Waals surface area contributed by atoms with Crippen LogP contribution in [-0.4, -0.2) is 61.6 Å². The normalized spacial score (nSPS) is 23.7. The highest BCUT2D eigenvalue weighted by Gasteiger charge is 2.32. The van der Waals surface area contributed by atoms with E-state index in [0.29, 0.717) is 12.6 Å².